The molecule has 1 heterocycles. The van der Waals surface area contributed by atoms with Crippen LogP contribution in [-0.2, 0) is 23.1 Å². The van der Waals surface area contributed by atoms with Crippen LogP contribution in [-0.4, -0.2) is 43.3 Å². The Bertz CT molecular complexity index is 276. The number of rotatable bonds is 9. The van der Waals surface area contributed by atoms with Gasteiger partial charge in [0.05, 0.1) is 19.4 Å². The Kier molecular flexibility index (Phi) is 6.80. The molecule has 5 nitrogen and oxygen atoms in total. The number of hydrogen-bond acceptors (Lipinski definition) is 4. The summed E-state index contributed by atoms with van der Waals surface area (Å²) in [6.45, 7) is 3.96. The number of ether oxygens (including phenoxy) is 2. The minimum Gasteiger partial charge on any atom is -0.382 e. The van der Waals surface area contributed by atoms with Crippen LogP contribution < -0.4 is 5.32 Å². The number of nitrogens with zero attached hydrogens (tertiary/aromatic N) is 2. The smallest absolute Gasteiger partial charge is 0.0700 e. The van der Waals surface area contributed by atoms with Crippen LogP contribution in [0.4, 0.5) is 0 Å². The lowest BCUT2D eigenvalue weighted by atomic mass is 10.3. The lowest BCUT2D eigenvalue weighted by Gasteiger charge is -2.04. The standard InChI is InChI=1S/C11H21N3O2/c1-14-10-11(9-13-14)8-12-4-3-5-16-7-6-15-2/h9-10,12H,3-8H2,1-2H3. The Morgan fingerprint density at radius 1 is 1.38 bits per heavy atom. The molecular weight excluding hydrogens is 206 g/mol. The maximum absolute atomic E-state index is 5.35. The topological polar surface area (TPSA) is 48.3 Å². The predicted molar refractivity (Wildman–Crippen MR) is 62.2 cm³/mol. The molecule has 0 aliphatic carbocycles. The third kappa shape index (κ3) is 5.85. The number of aromatic nitrogens is 2. The van der Waals surface area contributed by atoms with Gasteiger partial charge in [-0.2, -0.15) is 5.10 Å². The van der Waals surface area contributed by atoms with Crippen molar-refractivity contribution in [2.45, 2.75) is 13.0 Å². The van der Waals surface area contributed by atoms with Gasteiger partial charge >= 0.3 is 0 Å². The van der Waals surface area contributed by atoms with E-state index in [9.17, 15) is 0 Å². The van der Waals surface area contributed by atoms with Crippen LogP contribution in [0.5, 0.6) is 0 Å². The molecule has 0 radical (unpaired) electrons. The molecule has 0 aromatic carbocycles. The maximum Gasteiger partial charge on any atom is 0.0700 e. The quantitative estimate of drug-likeness (QED) is 0.626. The van der Waals surface area contributed by atoms with Crippen molar-refractivity contribution >= 4 is 0 Å². The van der Waals surface area contributed by atoms with Gasteiger partial charge in [-0.3, -0.25) is 4.68 Å². The molecule has 0 saturated carbocycles. The molecule has 0 atom stereocenters. The second-order valence-electron chi connectivity index (χ2n) is 3.66. The fraction of sp³-hybridized carbons (Fsp3) is 0.727. The lowest BCUT2D eigenvalue weighted by molar-refractivity contribution is 0.0695. The van der Waals surface area contributed by atoms with Crippen LogP contribution in [0.3, 0.4) is 0 Å². The van der Waals surface area contributed by atoms with Crippen LogP contribution in [0.2, 0.25) is 0 Å². The van der Waals surface area contributed by atoms with E-state index in [2.05, 4.69) is 10.4 Å². The summed E-state index contributed by atoms with van der Waals surface area (Å²) >= 11 is 0. The molecule has 0 fully saturated rings. The van der Waals surface area contributed by atoms with Gasteiger partial charge in [0.1, 0.15) is 0 Å². The third-order valence-corrected chi connectivity index (χ3v) is 2.16. The highest BCUT2D eigenvalue weighted by Crippen LogP contribution is 1.94. The summed E-state index contributed by atoms with van der Waals surface area (Å²) < 4.78 is 12.0. The first-order valence-corrected chi connectivity index (χ1v) is 5.58. The lowest BCUT2D eigenvalue weighted by Crippen LogP contribution is -2.16. The fourth-order valence-corrected chi connectivity index (χ4v) is 1.34. The van der Waals surface area contributed by atoms with Gasteiger partial charge in [-0.05, 0) is 13.0 Å². The Morgan fingerprint density at radius 2 is 2.25 bits per heavy atom. The molecule has 16 heavy (non-hydrogen) atoms. The van der Waals surface area contributed by atoms with Crippen molar-refractivity contribution in [1.29, 1.82) is 0 Å². The highest BCUT2D eigenvalue weighted by atomic mass is 16.5. The van der Waals surface area contributed by atoms with Crippen LogP contribution in [0.25, 0.3) is 0 Å². The minimum absolute atomic E-state index is 0.670. The summed E-state index contributed by atoms with van der Waals surface area (Å²) in [5.41, 5.74) is 1.21. The summed E-state index contributed by atoms with van der Waals surface area (Å²) in [4.78, 5) is 0. The zero-order valence-electron chi connectivity index (χ0n) is 10.1. The van der Waals surface area contributed by atoms with Crippen molar-refractivity contribution in [3.05, 3.63) is 18.0 Å². The van der Waals surface area contributed by atoms with E-state index >= 15 is 0 Å². The Hall–Kier alpha value is -0.910. The first-order valence-electron chi connectivity index (χ1n) is 5.58. The van der Waals surface area contributed by atoms with E-state index in [0.29, 0.717) is 13.2 Å². The highest BCUT2D eigenvalue weighted by molar-refractivity contribution is 5.02. The first kappa shape index (κ1) is 13.2. The molecule has 1 N–H and O–H groups in total. The van der Waals surface area contributed by atoms with Gasteiger partial charge in [0.2, 0.25) is 0 Å². The molecule has 1 aromatic rings. The van der Waals surface area contributed by atoms with E-state index in [1.807, 2.05) is 24.1 Å². The second-order valence-corrected chi connectivity index (χ2v) is 3.66. The molecule has 0 spiro atoms. The zero-order valence-corrected chi connectivity index (χ0v) is 10.1. The summed E-state index contributed by atoms with van der Waals surface area (Å²) in [5.74, 6) is 0. The monoisotopic (exact) mass is 227 g/mol. The van der Waals surface area contributed by atoms with E-state index in [0.717, 1.165) is 26.1 Å². The van der Waals surface area contributed by atoms with E-state index in [1.54, 1.807) is 7.11 Å². The van der Waals surface area contributed by atoms with Crippen molar-refractivity contribution in [3.63, 3.8) is 0 Å². The SMILES string of the molecule is COCCOCCCNCc1cnn(C)c1. The van der Waals surface area contributed by atoms with Crippen molar-refractivity contribution in [2.24, 2.45) is 7.05 Å². The van der Waals surface area contributed by atoms with Crippen molar-refractivity contribution < 1.29 is 9.47 Å². The van der Waals surface area contributed by atoms with Crippen molar-refractivity contribution in [1.82, 2.24) is 15.1 Å². The molecule has 92 valence electrons. The largest absolute Gasteiger partial charge is 0.382 e. The van der Waals surface area contributed by atoms with Crippen LogP contribution in [0.15, 0.2) is 12.4 Å². The number of methoxy groups -OCH3 is 1. The summed E-state index contributed by atoms with van der Waals surface area (Å²) in [7, 11) is 3.60. The van der Waals surface area contributed by atoms with Crippen molar-refractivity contribution in [2.75, 3.05) is 33.5 Å². The van der Waals surface area contributed by atoms with Crippen LogP contribution in [0, 0.1) is 0 Å². The number of aryl methyl sites for hydroxylation is 1. The van der Waals surface area contributed by atoms with E-state index in [1.165, 1.54) is 5.56 Å². The summed E-state index contributed by atoms with van der Waals surface area (Å²) in [5, 5.41) is 7.44. The average Bonchev–Trinajstić information content (AvgIpc) is 2.68. The molecule has 1 aromatic heterocycles. The summed E-state index contributed by atoms with van der Waals surface area (Å²) in [6.07, 6.45) is 4.91. The molecular formula is C11H21N3O2. The number of nitrogens with one attached hydrogen (secondary N) is 1. The molecule has 1 rings (SSSR count). The van der Waals surface area contributed by atoms with E-state index in [4.69, 9.17) is 9.47 Å². The van der Waals surface area contributed by atoms with Gasteiger partial charge in [0, 0.05) is 39.1 Å². The van der Waals surface area contributed by atoms with Gasteiger partial charge in [-0.25, -0.2) is 0 Å². The first-order chi connectivity index (χ1) is 7.83. The van der Waals surface area contributed by atoms with Gasteiger partial charge in [0.25, 0.3) is 0 Å². The molecule has 0 amide bonds. The Balaban J connectivity index is 1.88. The van der Waals surface area contributed by atoms with Gasteiger partial charge in [0.15, 0.2) is 0 Å². The molecule has 0 unspecified atom stereocenters. The van der Waals surface area contributed by atoms with Crippen LogP contribution >= 0.6 is 0 Å². The summed E-state index contributed by atoms with van der Waals surface area (Å²) in [6, 6.07) is 0. The number of hydrogen-bond donors (Lipinski definition) is 1. The highest BCUT2D eigenvalue weighted by Gasteiger charge is 1.95. The van der Waals surface area contributed by atoms with E-state index in [-0.39, 0.29) is 0 Å². The van der Waals surface area contributed by atoms with Gasteiger partial charge in [-0.15, -0.1) is 0 Å². The van der Waals surface area contributed by atoms with Crippen molar-refractivity contribution in [3.8, 4) is 0 Å². The second kappa shape index (κ2) is 8.27. The fourth-order valence-electron chi connectivity index (χ4n) is 1.34. The minimum atomic E-state index is 0.670. The predicted octanol–water partition coefficient (Wildman–Crippen LogP) is 0.563. The van der Waals surface area contributed by atoms with E-state index < -0.39 is 0 Å². The average molecular weight is 227 g/mol. The third-order valence-electron chi connectivity index (χ3n) is 2.16. The molecule has 0 aliphatic rings. The Morgan fingerprint density at radius 3 is 2.94 bits per heavy atom. The zero-order chi connectivity index (χ0) is 11.6. The Labute approximate surface area is 96.7 Å². The van der Waals surface area contributed by atoms with Gasteiger partial charge < -0.3 is 14.8 Å². The molecule has 0 saturated heterocycles. The molecule has 0 bridgehead atoms. The molecule has 5 heteroatoms. The van der Waals surface area contributed by atoms with Crippen LogP contribution in [0.1, 0.15) is 12.0 Å². The maximum atomic E-state index is 5.35. The molecule has 0 aliphatic heterocycles. The normalized spacial score (nSPS) is 10.9. The van der Waals surface area contributed by atoms with Gasteiger partial charge in [-0.1, -0.05) is 0 Å².